The van der Waals surface area contributed by atoms with Crippen molar-refractivity contribution in [3.05, 3.63) is 378 Å². The van der Waals surface area contributed by atoms with E-state index in [2.05, 4.69) is 66.7 Å². The molecule has 22 rings (SSSR count). The van der Waals surface area contributed by atoms with Gasteiger partial charge in [0.05, 0.1) is 86.0 Å². The van der Waals surface area contributed by atoms with Gasteiger partial charge in [0.1, 0.15) is 0 Å². The summed E-state index contributed by atoms with van der Waals surface area (Å²) < 4.78 is 10.1. The third kappa shape index (κ3) is 8.81. The van der Waals surface area contributed by atoms with Gasteiger partial charge in [-0.05, 0) is 173 Å². The fourth-order valence-electron chi connectivity index (χ4n) is 17.1. The molecule has 0 aliphatic carbocycles. The summed E-state index contributed by atoms with van der Waals surface area (Å²) in [6.45, 7) is 0. The lowest BCUT2D eigenvalue weighted by molar-refractivity contribution is 1.19. The van der Waals surface area contributed by atoms with Gasteiger partial charge in [0.25, 0.3) is 0 Å². The Labute approximate surface area is 608 Å². The van der Waals surface area contributed by atoms with Crippen LogP contribution in [0.4, 0.5) is 0 Å². The van der Waals surface area contributed by atoms with Crippen molar-refractivity contribution in [2.75, 3.05) is 0 Å². The highest BCUT2D eigenvalue weighted by Crippen LogP contribution is 2.38. The highest BCUT2D eigenvalue weighted by Gasteiger charge is 2.24. The minimum Gasteiger partial charge on any atom is -0.308 e. The van der Waals surface area contributed by atoms with Crippen molar-refractivity contribution >= 4 is 177 Å². The second kappa shape index (κ2) is 23.0. The highest BCUT2D eigenvalue weighted by molar-refractivity contribution is 7.72. The second-order valence-electron chi connectivity index (χ2n) is 27.7. The summed E-state index contributed by atoms with van der Waals surface area (Å²) in [6, 6.07) is 88.8. The molecule has 0 saturated carbocycles. The lowest BCUT2D eigenvalue weighted by Gasteiger charge is -2.17. The molecule has 22 aromatic rings. The van der Waals surface area contributed by atoms with Gasteiger partial charge in [-0.2, -0.15) is 0 Å². The quantitative estimate of drug-likeness (QED) is 0.0906. The van der Waals surface area contributed by atoms with Crippen LogP contribution >= 0.6 is 24.4 Å². The maximum atomic E-state index is 14.6. The van der Waals surface area contributed by atoms with Crippen molar-refractivity contribution in [1.82, 2.24) is 22.6 Å². The van der Waals surface area contributed by atoms with Gasteiger partial charge in [0.15, 0.2) is 32.6 Å². The van der Waals surface area contributed by atoms with E-state index in [1.54, 1.807) is 12.4 Å². The van der Waals surface area contributed by atoms with Crippen molar-refractivity contribution in [2.24, 2.45) is 0 Å². The number of benzene rings is 13. The van der Waals surface area contributed by atoms with E-state index in [-0.39, 0.29) is 32.6 Å². The average molecular weight is 1400 g/mol. The SMILES string of the molecule is O=c1c2ccccc2n2c3ccc(Cc4ccc5c(c4)c(=O)c4cc(-c6ccccc6)cc6c(=O)c7ccccc7n5c64)cc3c(=O)c3cc(-c4ccccc4)cc1c32.O=c1c2ccccc2n2c3ccc(Cc4ccc5c(c4)c(=S)c4cccc6c(=S)c7ccccc7n5c64)cc3c(=O)c3cncc1c32. The van der Waals surface area contributed by atoms with Gasteiger partial charge < -0.3 is 17.6 Å². The van der Waals surface area contributed by atoms with E-state index in [1.165, 1.54) is 0 Å². The van der Waals surface area contributed by atoms with Crippen molar-refractivity contribution < 1.29 is 0 Å². The van der Waals surface area contributed by atoms with Gasteiger partial charge >= 0.3 is 0 Å². The molecule has 0 unspecified atom stereocenters. The zero-order valence-electron chi connectivity index (χ0n) is 56.1. The standard InChI is InChI=1S/C53H30N2O4.C40H21N3O2S2/c56-50-36-15-7-9-17-44(36)54-46-21-19-30(24-38(46)52(58)42-28-34(26-40(50)48(42)54)32-11-3-1-4-12-32)23-31-20-22-47-39(25-31)53(59)43-29-35(33-13-5-2-6-14-33)27-41-49(43)55(47)45-18-10-8-16-37(45)51(41)57;44-37-23-6-1-3-10-31(23)42-33-14-12-21(17-27(33)38(45)30-20-41-19-29(37)36(30)42)16-22-13-15-34-28(18-22)40(47)26-9-5-8-25-35(26)43(34)32-11-4-2-7-24(32)39(25)46/h1-22,24-29H,23H2;1-15,17-20H,16H2. The van der Waals surface area contributed by atoms with Crippen LogP contribution in [0, 0.1) is 9.02 Å². The van der Waals surface area contributed by atoms with Crippen LogP contribution in [-0.2, 0) is 12.8 Å². The van der Waals surface area contributed by atoms with Gasteiger partial charge in [-0.1, -0.05) is 182 Å². The first-order chi connectivity index (χ1) is 51.9. The van der Waals surface area contributed by atoms with E-state index in [0.29, 0.717) is 94.0 Å². The molecule has 106 heavy (non-hydrogen) atoms. The van der Waals surface area contributed by atoms with Crippen molar-refractivity contribution in [3.63, 3.8) is 0 Å². The first-order valence-electron chi connectivity index (χ1n) is 35.0. The number of nitrogens with zero attached hydrogens (tertiary/aromatic N) is 5. The molecule has 0 saturated heterocycles. The van der Waals surface area contributed by atoms with Crippen molar-refractivity contribution in [2.45, 2.75) is 12.8 Å². The molecule has 0 atom stereocenters. The van der Waals surface area contributed by atoms with E-state index in [1.807, 2.05) is 229 Å². The Hall–Kier alpha value is -13.6. The molecule has 9 aromatic heterocycles. The number of pyridine rings is 9. The molecule has 496 valence electrons. The molecule has 13 heteroatoms. The maximum Gasteiger partial charge on any atom is 0.198 e. The fourth-order valence-corrected chi connectivity index (χ4v) is 17.7. The largest absolute Gasteiger partial charge is 0.308 e. The molecule has 0 aliphatic heterocycles. The monoisotopic (exact) mass is 1400 g/mol. The average Bonchev–Trinajstić information content (AvgIpc) is 0.723. The molecule has 0 spiro atoms. The number of hydrogen-bond donors (Lipinski definition) is 0. The number of hydrogen-bond acceptors (Lipinski definition) is 9. The molecule has 0 N–H and O–H groups in total. The van der Waals surface area contributed by atoms with Gasteiger partial charge in [0, 0.05) is 87.8 Å². The van der Waals surface area contributed by atoms with Crippen LogP contribution in [-0.4, -0.2) is 22.6 Å². The molecular formula is C93H51N5O6S2. The topological polar surface area (TPSA) is 133 Å². The third-order valence-corrected chi connectivity index (χ3v) is 22.7. The summed E-state index contributed by atoms with van der Waals surface area (Å²) in [5.41, 5.74) is 16.1. The molecule has 0 bridgehead atoms. The van der Waals surface area contributed by atoms with E-state index < -0.39 is 0 Å². The predicted molar refractivity (Wildman–Crippen MR) is 438 cm³/mol. The Morgan fingerprint density at radius 1 is 0.217 bits per heavy atom. The second-order valence-corrected chi connectivity index (χ2v) is 28.5. The van der Waals surface area contributed by atoms with E-state index >= 15 is 0 Å². The Balaban J connectivity index is 0.000000140. The van der Waals surface area contributed by atoms with Crippen molar-refractivity contribution in [3.8, 4) is 22.3 Å². The van der Waals surface area contributed by atoms with Gasteiger partial charge in [0.2, 0.25) is 0 Å². The normalized spacial score (nSPS) is 12.2. The van der Waals surface area contributed by atoms with Crippen LogP contribution < -0.4 is 32.6 Å². The van der Waals surface area contributed by atoms with Crippen LogP contribution in [0.5, 0.6) is 0 Å². The minimum atomic E-state index is -0.139. The molecular weight excluding hydrogens is 1350 g/mol. The molecule has 0 fully saturated rings. The summed E-state index contributed by atoms with van der Waals surface area (Å²) in [5.74, 6) is 0. The summed E-state index contributed by atoms with van der Waals surface area (Å²) in [7, 11) is 0. The van der Waals surface area contributed by atoms with E-state index in [4.69, 9.17) is 24.4 Å². The predicted octanol–water partition coefficient (Wildman–Crippen LogP) is 19.5. The lowest BCUT2D eigenvalue weighted by atomic mass is 9.95. The van der Waals surface area contributed by atoms with Gasteiger partial charge in [-0.15, -0.1) is 0 Å². The summed E-state index contributed by atoms with van der Waals surface area (Å²) >= 11 is 12.1. The first kappa shape index (κ1) is 61.1. The number of para-hydroxylation sites is 5. The third-order valence-electron chi connectivity index (χ3n) is 21.8. The summed E-state index contributed by atoms with van der Waals surface area (Å²) in [4.78, 5) is 88.9. The molecule has 0 aliphatic rings. The van der Waals surface area contributed by atoms with Crippen LogP contribution in [0.3, 0.4) is 0 Å². The number of aromatic nitrogens is 5. The Morgan fingerprint density at radius 2 is 0.481 bits per heavy atom. The van der Waals surface area contributed by atoms with E-state index in [9.17, 15) is 28.8 Å². The smallest absolute Gasteiger partial charge is 0.198 e. The van der Waals surface area contributed by atoms with E-state index in [0.717, 1.165) is 125 Å². The molecule has 11 nitrogen and oxygen atoms in total. The van der Waals surface area contributed by atoms with Crippen LogP contribution in [0.15, 0.2) is 314 Å². The van der Waals surface area contributed by atoms with Crippen LogP contribution in [0.25, 0.3) is 175 Å². The Morgan fingerprint density at radius 3 is 0.877 bits per heavy atom. The fraction of sp³-hybridized carbons (Fsp3) is 0.0215. The van der Waals surface area contributed by atoms with Gasteiger partial charge in [-0.25, -0.2) is 0 Å². The maximum absolute atomic E-state index is 14.6. The lowest BCUT2D eigenvalue weighted by Crippen LogP contribution is -2.15. The summed E-state index contributed by atoms with van der Waals surface area (Å²) in [6.07, 6.45) is 4.22. The Bertz CT molecular complexity index is 7750. The highest BCUT2D eigenvalue weighted by atomic mass is 32.1. The molecule has 9 heterocycles. The number of fused-ring (bicyclic) bond motifs is 16. The first-order valence-corrected chi connectivity index (χ1v) is 35.8. The number of rotatable bonds is 6. The van der Waals surface area contributed by atoms with Crippen LogP contribution in [0.2, 0.25) is 0 Å². The van der Waals surface area contributed by atoms with Crippen LogP contribution in [0.1, 0.15) is 22.3 Å². The molecule has 0 amide bonds. The van der Waals surface area contributed by atoms with Crippen molar-refractivity contribution in [1.29, 1.82) is 0 Å². The molecule has 0 radical (unpaired) electrons. The zero-order chi connectivity index (χ0) is 71.1. The Kier molecular flexibility index (Phi) is 13.2. The summed E-state index contributed by atoms with van der Waals surface area (Å²) in [5, 5.41) is 10.4. The van der Waals surface area contributed by atoms with Gasteiger partial charge in [-0.3, -0.25) is 33.8 Å². The molecule has 13 aromatic carbocycles. The zero-order valence-corrected chi connectivity index (χ0v) is 57.7. The minimum absolute atomic E-state index is 0.101.